The van der Waals surface area contributed by atoms with Gasteiger partial charge in [0.25, 0.3) is 0 Å². The second-order valence-electron chi connectivity index (χ2n) is 6.81. The molecule has 0 unspecified atom stereocenters. The molecule has 7 nitrogen and oxygen atoms in total. The van der Waals surface area contributed by atoms with E-state index in [1.54, 1.807) is 0 Å². The van der Waals surface area contributed by atoms with Crippen LogP contribution in [-0.2, 0) is 6.54 Å². The van der Waals surface area contributed by atoms with Gasteiger partial charge in [-0.1, -0.05) is 5.16 Å². The topological polar surface area (TPSA) is 62.7 Å². The lowest BCUT2D eigenvalue weighted by atomic mass is 10.2. The highest BCUT2D eigenvalue weighted by atomic mass is 16.5. The van der Waals surface area contributed by atoms with Crippen LogP contribution in [0, 0.1) is 27.7 Å². The molecule has 0 atom stereocenters. The Morgan fingerprint density at radius 3 is 2.44 bits per heavy atom. The number of aryl methyl sites for hydroxylation is 4. The number of anilines is 1. The summed E-state index contributed by atoms with van der Waals surface area (Å²) in [6.07, 6.45) is 0. The van der Waals surface area contributed by atoms with E-state index in [1.165, 1.54) is 5.56 Å². The van der Waals surface area contributed by atoms with Crippen LogP contribution in [0.3, 0.4) is 0 Å². The Labute approximate surface area is 147 Å². The van der Waals surface area contributed by atoms with Gasteiger partial charge in [-0.05, 0) is 39.8 Å². The van der Waals surface area contributed by atoms with Gasteiger partial charge in [0.2, 0.25) is 0 Å². The highest BCUT2D eigenvalue weighted by Gasteiger charge is 2.21. The third-order valence-corrected chi connectivity index (χ3v) is 5.18. The first kappa shape index (κ1) is 16.1. The predicted molar refractivity (Wildman–Crippen MR) is 95.9 cm³/mol. The molecule has 3 aromatic heterocycles. The number of hydrogen-bond acceptors (Lipinski definition) is 6. The van der Waals surface area contributed by atoms with Crippen LogP contribution < -0.4 is 4.90 Å². The molecular formula is C18H24N6O. The zero-order valence-corrected chi connectivity index (χ0v) is 15.3. The first-order valence-corrected chi connectivity index (χ1v) is 8.75. The second-order valence-corrected chi connectivity index (χ2v) is 6.81. The molecule has 1 saturated heterocycles. The van der Waals surface area contributed by atoms with Crippen LogP contribution in [0.5, 0.6) is 0 Å². The summed E-state index contributed by atoms with van der Waals surface area (Å²) in [5.74, 6) is 1.95. The third-order valence-electron chi connectivity index (χ3n) is 5.18. The molecule has 7 heteroatoms. The van der Waals surface area contributed by atoms with E-state index in [2.05, 4.69) is 39.0 Å². The fourth-order valence-corrected chi connectivity index (χ4v) is 3.40. The average Bonchev–Trinajstić information content (AvgIpc) is 3.09. The summed E-state index contributed by atoms with van der Waals surface area (Å²) in [5.41, 5.74) is 5.27. The highest BCUT2D eigenvalue weighted by molar-refractivity contribution is 5.48. The van der Waals surface area contributed by atoms with Gasteiger partial charge < -0.3 is 9.42 Å². The van der Waals surface area contributed by atoms with Crippen LogP contribution in [0.25, 0.3) is 5.65 Å². The molecule has 3 aromatic rings. The number of fused-ring (bicyclic) bond motifs is 1. The van der Waals surface area contributed by atoms with Crippen molar-refractivity contribution in [2.24, 2.45) is 0 Å². The van der Waals surface area contributed by atoms with Crippen molar-refractivity contribution in [3.8, 4) is 0 Å². The summed E-state index contributed by atoms with van der Waals surface area (Å²) in [6, 6.07) is 4.13. The Morgan fingerprint density at radius 2 is 1.76 bits per heavy atom. The fourth-order valence-electron chi connectivity index (χ4n) is 3.40. The standard InChI is InChI=1S/C18H24N6O/c1-12-14(3)24-17(19-12)5-6-18(20-24)23-9-7-22(8-10-23)11-16-13(2)21-25-15(16)4/h5-6H,7-11H2,1-4H3. The van der Waals surface area contributed by atoms with Gasteiger partial charge >= 0.3 is 0 Å². The molecule has 4 rings (SSSR count). The molecule has 1 aliphatic heterocycles. The number of aromatic nitrogens is 4. The second kappa shape index (κ2) is 6.15. The average molecular weight is 340 g/mol. The van der Waals surface area contributed by atoms with Crippen LogP contribution in [0.15, 0.2) is 16.7 Å². The van der Waals surface area contributed by atoms with Gasteiger partial charge in [-0.2, -0.15) is 0 Å². The maximum absolute atomic E-state index is 5.28. The molecule has 132 valence electrons. The van der Waals surface area contributed by atoms with E-state index in [0.717, 1.165) is 67.0 Å². The number of nitrogens with zero attached hydrogens (tertiary/aromatic N) is 6. The molecule has 0 aliphatic carbocycles. The van der Waals surface area contributed by atoms with Gasteiger partial charge in [-0.25, -0.2) is 9.50 Å². The summed E-state index contributed by atoms with van der Waals surface area (Å²) < 4.78 is 7.22. The molecular weight excluding hydrogens is 316 g/mol. The largest absolute Gasteiger partial charge is 0.361 e. The van der Waals surface area contributed by atoms with Crippen molar-refractivity contribution in [3.63, 3.8) is 0 Å². The van der Waals surface area contributed by atoms with Gasteiger partial charge in [0.1, 0.15) is 11.6 Å². The molecule has 0 spiro atoms. The van der Waals surface area contributed by atoms with Crippen LogP contribution >= 0.6 is 0 Å². The molecule has 25 heavy (non-hydrogen) atoms. The van der Waals surface area contributed by atoms with E-state index >= 15 is 0 Å². The normalized spacial score (nSPS) is 16.1. The lowest BCUT2D eigenvalue weighted by Crippen LogP contribution is -2.46. The first-order chi connectivity index (χ1) is 12.0. The van der Waals surface area contributed by atoms with E-state index in [1.807, 2.05) is 25.3 Å². The lowest BCUT2D eigenvalue weighted by molar-refractivity contribution is 0.247. The number of hydrogen-bond donors (Lipinski definition) is 0. The number of rotatable bonds is 3. The predicted octanol–water partition coefficient (Wildman–Crippen LogP) is 2.27. The molecule has 1 aliphatic rings. The SMILES string of the molecule is Cc1noc(C)c1CN1CCN(c2ccc3nc(C)c(C)n3n2)CC1. The quantitative estimate of drug-likeness (QED) is 0.729. The van der Waals surface area contributed by atoms with Crippen molar-refractivity contribution in [2.75, 3.05) is 31.1 Å². The molecule has 0 N–H and O–H groups in total. The van der Waals surface area contributed by atoms with Crippen LogP contribution in [0.2, 0.25) is 0 Å². The smallest absolute Gasteiger partial charge is 0.154 e. The Morgan fingerprint density at radius 1 is 1.00 bits per heavy atom. The summed E-state index contributed by atoms with van der Waals surface area (Å²) >= 11 is 0. The fraction of sp³-hybridized carbons (Fsp3) is 0.500. The van der Waals surface area contributed by atoms with Crippen LogP contribution in [0.4, 0.5) is 5.82 Å². The minimum absolute atomic E-state index is 0.904. The van der Waals surface area contributed by atoms with Gasteiger partial charge in [0, 0.05) is 38.3 Å². The van der Waals surface area contributed by atoms with E-state index in [4.69, 9.17) is 9.62 Å². The summed E-state index contributed by atoms with van der Waals surface area (Å²) in [7, 11) is 0. The Bertz CT molecular complexity index is 884. The highest BCUT2D eigenvalue weighted by Crippen LogP contribution is 2.19. The molecule has 0 bridgehead atoms. The molecule has 0 radical (unpaired) electrons. The number of imidazole rings is 1. The van der Waals surface area contributed by atoms with Gasteiger partial charge in [0.15, 0.2) is 5.65 Å². The van der Waals surface area contributed by atoms with Crippen molar-refractivity contribution >= 4 is 11.5 Å². The molecule has 0 aromatic carbocycles. The lowest BCUT2D eigenvalue weighted by Gasteiger charge is -2.35. The van der Waals surface area contributed by atoms with Crippen molar-refractivity contribution < 1.29 is 4.52 Å². The van der Waals surface area contributed by atoms with Gasteiger partial charge in [-0.15, -0.1) is 5.10 Å². The maximum Gasteiger partial charge on any atom is 0.154 e. The Balaban J connectivity index is 1.46. The van der Waals surface area contributed by atoms with Gasteiger partial charge in [-0.3, -0.25) is 4.90 Å². The Hall–Kier alpha value is -2.41. The zero-order chi connectivity index (χ0) is 17.6. The van der Waals surface area contributed by atoms with Gasteiger partial charge in [0.05, 0.1) is 17.1 Å². The summed E-state index contributed by atoms with van der Waals surface area (Å²) in [6.45, 7) is 12.9. The summed E-state index contributed by atoms with van der Waals surface area (Å²) in [4.78, 5) is 9.33. The van der Waals surface area contributed by atoms with Crippen molar-refractivity contribution in [1.29, 1.82) is 0 Å². The summed E-state index contributed by atoms with van der Waals surface area (Å²) in [5, 5.41) is 8.84. The monoisotopic (exact) mass is 340 g/mol. The molecule has 0 saturated carbocycles. The first-order valence-electron chi connectivity index (χ1n) is 8.75. The van der Waals surface area contributed by atoms with Crippen molar-refractivity contribution in [2.45, 2.75) is 34.2 Å². The van der Waals surface area contributed by atoms with E-state index in [0.29, 0.717) is 0 Å². The number of piperazine rings is 1. The van der Waals surface area contributed by atoms with E-state index in [-0.39, 0.29) is 0 Å². The van der Waals surface area contributed by atoms with Crippen molar-refractivity contribution in [1.82, 2.24) is 24.7 Å². The van der Waals surface area contributed by atoms with E-state index in [9.17, 15) is 0 Å². The minimum Gasteiger partial charge on any atom is -0.361 e. The van der Waals surface area contributed by atoms with Crippen LogP contribution in [0.1, 0.15) is 28.4 Å². The third kappa shape index (κ3) is 2.89. The van der Waals surface area contributed by atoms with Crippen molar-refractivity contribution in [3.05, 3.63) is 40.5 Å². The minimum atomic E-state index is 0.904. The molecule has 1 fully saturated rings. The molecule has 0 amide bonds. The Kier molecular flexibility index (Phi) is 3.95. The van der Waals surface area contributed by atoms with E-state index < -0.39 is 0 Å². The molecule has 4 heterocycles. The van der Waals surface area contributed by atoms with Crippen LogP contribution in [-0.4, -0.2) is 50.8 Å². The zero-order valence-electron chi connectivity index (χ0n) is 15.3. The maximum atomic E-state index is 5.28.